The van der Waals surface area contributed by atoms with Gasteiger partial charge >= 0.3 is 0 Å². The van der Waals surface area contributed by atoms with Crippen LogP contribution in [0.1, 0.15) is 16.1 Å². The van der Waals surface area contributed by atoms with Gasteiger partial charge in [-0.05, 0) is 24.3 Å². The van der Waals surface area contributed by atoms with Gasteiger partial charge in [0.15, 0.2) is 0 Å². The number of nitrogens with zero attached hydrogens (tertiary/aromatic N) is 1. The molecule has 2 aromatic heterocycles. The Labute approximate surface area is 130 Å². The fourth-order valence-electron chi connectivity index (χ4n) is 2.25. The van der Waals surface area contributed by atoms with E-state index in [9.17, 15) is 4.79 Å². The van der Waals surface area contributed by atoms with Crippen LogP contribution in [0.4, 0.5) is 0 Å². The highest BCUT2D eigenvalue weighted by Crippen LogP contribution is 2.29. The summed E-state index contributed by atoms with van der Waals surface area (Å²) in [7, 11) is 0. The quantitative estimate of drug-likeness (QED) is 0.441. The standard InChI is InChI=1S/C14H11Cl2N3O2/c15-8-5-11(16)9-1-3-19(12(9)6-8)7-13-10(2-4-21-13)14(20)18-17/h1-6H,7,17H2,(H,18,20). The summed E-state index contributed by atoms with van der Waals surface area (Å²) in [5.41, 5.74) is 3.35. The Morgan fingerprint density at radius 1 is 1.33 bits per heavy atom. The van der Waals surface area contributed by atoms with Gasteiger partial charge < -0.3 is 8.98 Å². The smallest absolute Gasteiger partial charge is 0.268 e. The monoisotopic (exact) mass is 323 g/mol. The van der Waals surface area contributed by atoms with Crippen LogP contribution in [-0.2, 0) is 6.54 Å². The average Bonchev–Trinajstić information content (AvgIpc) is 3.06. The van der Waals surface area contributed by atoms with E-state index in [0.29, 0.717) is 27.9 Å². The summed E-state index contributed by atoms with van der Waals surface area (Å²) < 4.78 is 7.27. The molecular formula is C14H11Cl2N3O2. The molecular weight excluding hydrogens is 313 g/mol. The zero-order chi connectivity index (χ0) is 15.0. The predicted octanol–water partition coefficient (Wildman–Crippen LogP) is 3.19. The first-order chi connectivity index (χ1) is 10.1. The lowest BCUT2D eigenvalue weighted by Gasteiger charge is -2.06. The first-order valence-electron chi connectivity index (χ1n) is 6.11. The maximum atomic E-state index is 11.6. The minimum atomic E-state index is -0.397. The van der Waals surface area contributed by atoms with Crippen LogP contribution in [0.15, 0.2) is 41.1 Å². The van der Waals surface area contributed by atoms with Crippen molar-refractivity contribution in [3.8, 4) is 0 Å². The second-order valence-corrected chi connectivity index (χ2v) is 5.34. The van der Waals surface area contributed by atoms with Crippen molar-refractivity contribution >= 4 is 40.0 Å². The van der Waals surface area contributed by atoms with Crippen LogP contribution in [0, 0.1) is 0 Å². The van der Waals surface area contributed by atoms with Crippen molar-refractivity contribution in [2.75, 3.05) is 0 Å². The Bertz CT molecular complexity index is 823. The van der Waals surface area contributed by atoms with E-state index in [1.54, 1.807) is 12.1 Å². The molecule has 0 atom stereocenters. The van der Waals surface area contributed by atoms with Gasteiger partial charge in [0.05, 0.1) is 28.9 Å². The van der Waals surface area contributed by atoms with Gasteiger partial charge in [-0.2, -0.15) is 0 Å². The maximum Gasteiger partial charge on any atom is 0.268 e. The molecule has 1 amide bonds. The minimum absolute atomic E-state index is 0.371. The molecule has 0 radical (unpaired) electrons. The summed E-state index contributed by atoms with van der Waals surface area (Å²) in [5, 5.41) is 2.01. The number of fused-ring (bicyclic) bond motifs is 1. The summed E-state index contributed by atoms with van der Waals surface area (Å²) >= 11 is 12.2. The largest absolute Gasteiger partial charge is 0.467 e. The molecule has 0 aliphatic rings. The topological polar surface area (TPSA) is 73.2 Å². The van der Waals surface area contributed by atoms with E-state index in [-0.39, 0.29) is 0 Å². The zero-order valence-electron chi connectivity index (χ0n) is 10.8. The van der Waals surface area contributed by atoms with Gasteiger partial charge in [-0.25, -0.2) is 5.84 Å². The summed E-state index contributed by atoms with van der Waals surface area (Å²) in [6, 6.07) is 6.97. The Hall–Kier alpha value is -1.95. The van der Waals surface area contributed by atoms with Crippen LogP contribution in [0.25, 0.3) is 10.9 Å². The van der Waals surface area contributed by atoms with Crippen molar-refractivity contribution in [2.45, 2.75) is 6.54 Å². The van der Waals surface area contributed by atoms with Gasteiger partial charge in [-0.15, -0.1) is 0 Å². The molecule has 3 rings (SSSR count). The molecule has 3 aromatic rings. The molecule has 0 bridgehead atoms. The lowest BCUT2D eigenvalue weighted by Crippen LogP contribution is -2.30. The Morgan fingerprint density at radius 3 is 2.90 bits per heavy atom. The zero-order valence-corrected chi connectivity index (χ0v) is 12.3. The molecule has 2 heterocycles. The molecule has 0 saturated heterocycles. The van der Waals surface area contributed by atoms with Crippen LogP contribution in [0.3, 0.4) is 0 Å². The van der Waals surface area contributed by atoms with Gasteiger partial charge in [0, 0.05) is 16.6 Å². The van der Waals surface area contributed by atoms with Gasteiger partial charge in [-0.1, -0.05) is 23.2 Å². The summed E-state index contributed by atoms with van der Waals surface area (Å²) in [6.07, 6.45) is 3.31. The molecule has 7 heteroatoms. The number of hydrogen-bond donors (Lipinski definition) is 2. The van der Waals surface area contributed by atoms with E-state index in [2.05, 4.69) is 5.43 Å². The Balaban J connectivity index is 2.03. The predicted molar refractivity (Wildman–Crippen MR) is 81.4 cm³/mol. The number of hydrazine groups is 1. The number of benzene rings is 1. The second-order valence-electron chi connectivity index (χ2n) is 4.49. The normalized spacial score (nSPS) is 11.0. The molecule has 0 spiro atoms. The number of furan rings is 1. The molecule has 0 saturated carbocycles. The number of amides is 1. The van der Waals surface area contributed by atoms with Crippen molar-refractivity contribution in [2.24, 2.45) is 5.84 Å². The van der Waals surface area contributed by atoms with Crippen molar-refractivity contribution in [1.82, 2.24) is 9.99 Å². The number of hydrogen-bond acceptors (Lipinski definition) is 3. The third-order valence-corrected chi connectivity index (χ3v) is 3.77. The van der Waals surface area contributed by atoms with E-state index in [0.717, 1.165) is 10.9 Å². The molecule has 0 fully saturated rings. The number of nitrogens with two attached hydrogens (primary N) is 1. The van der Waals surface area contributed by atoms with Crippen LogP contribution in [0.5, 0.6) is 0 Å². The van der Waals surface area contributed by atoms with E-state index in [1.165, 1.54) is 6.26 Å². The number of aromatic nitrogens is 1. The number of carbonyl (C=O) groups is 1. The molecule has 5 nitrogen and oxygen atoms in total. The van der Waals surface area contributed by atoms with Gasteiger partial charge in [0.2, 0.25) is 0 Å². The molecule has 0 aliphatic heterocycles. The fourth-order valence-corrected chi connectivity index (χ4v) is 2.80. The van der Waals surface area contributed by atoms with E-state index in [1.807, 2.05) is 22.9 Å². The number of nitrogen functional groups attached to an aromatic ring is 1. The van der Waals surface area contributed by atoms with Crippen molar-refractivity contribution in [1.29, 1.82) is 0 Å². The van der Waals surface area contributed by atoms with E-state index >= 15 is 0 Å². The molecule has 108 valence electrons. The highest BCUT2D eigenvalue weighted by molar-refractivity contribution is 6.38. The molecule has 1 aromatic carbocycles. The second kappa shape index (κ2) is 5.44. The highest BCUT2D eigenvalue weighted by Gasteiger charge is 2.15. The summed E-state index contributed by atoms with van der Waals surface area (Å²) in [6.45, 7) is 0.371. The Kier molecular flexibility index (Phi) is 3.63. The minimum Gasteiger partial charge on any atom is -0.467 e. The number of carbonyl (C=O) groups excluding carboxylic acids is 1. The van der Waals surface area contributed by atoms with Crippen molar-refractivity contribution in [3.05, 3.63) is 58.1 Å². The average molecular weight is 324 g/mol. The molecule has 0 aliphatic carbocycles. The van der Waals surface area contributed by atoms with Crippen LogP contribution >= 0.6 is 23.2 Å². The van der Waals surface area contributed by atoms with E-state index in [4.69, 9.17) is 33.5 Å². The molecule has 21 heavy (non-hydrogen) atoms. The first-order valence-corrected chi connectivity index (χ1v) is 6.87. The SMILES string of the molecule is NNC(=O)c1ccoc1Cn1ccc2c(Cl)cc(Cl)cc21. The number of nitrogens with one attached hydrogen (secondary N) is 1. The third kappa shape index (κ3) is 2.51. The van der Waals surface area contributed by atoms with Crippen molar-refractivity contribution in [3.63, 3.8) is 0 Å². The first kappa shape index (κ1) is 14.0. The van der Waals surface area contributed by atoms with E-state index < -0.39 is 5.91 Å². The van der Waals surface area contributed by atoms with Crippen LogP contribution in [-0.4, -0.2) is 10.5 Å². The molecule has 0 unspecified atom stereocenters. The fraction of sp³-hybridized carbons (Fsp3) is 0.0714. The maximum absolute atomic E-state index is 11.6. The van der Waals surface area contributed by atoms with Gasteiger partial charge in [0.1, 0.15) is 5.76 Å². The molecule has 3 N–H and O–H groups in total. The number of halogens is 2. The Morgan fingerprint density at radius 2 is 2.14 bits per heavy atom. The third-order valence-electron chi connectivity index (χ3n) is 3.24. The highest BCUT2D eigenvalue weighted by atomic mass is 35.5. The van der Waals surface area contributed by atoms with Crippen LogP contribution < -0.4 is 11.3 Å². The van der Waals surface area contributed by atoms with Gasteiger partial charge in [0.25, 0.3) is 5.91 Å². The summed E-state index contributed by atoms with van der Waals surface area (Å²) in [5.74, 6) is 5.26. The lowest BCUT2D eigenvalue weighted by molar-refractivity contribution is 0.0951. The summed E-state index contributed by atoms with van der Waals surface area (Å²) in [4.78, 5) is 11.6. The number of rotatable bonds is 3. The van der Waals surface area contributed by atoms with Crippen molar-refractivity contribution < 1.29 is 9.21 Å². The van der Waals surface area contributed by atoms with Gasteiger partial charge in [-0.3, -0.25) is 10.2 Å². The van der Waals surface area contributed by atoms with Crippen LogP contribution in [0.2, 0.25) is 10.0 Å². The lowest BCUT2D eigenvalue weighted by atomic mass is 10.2.